The van der Waals surface area contributed by atoms with Crippen molar-refractivity contribution >= 4 is 22.7 Å². The van der Waals surface area contributed by atoms with Gasteiger partial charge in [0.05, 0.1) is 17.5 Å². The Hall–Kier alpha value is -3.93. The number of nitrogens with zero attached hydrogens (tertiary/aromatic N) is 3. The van der Waals surface area contributed by atoms with Gasteiger partial charge in [-0.05, 0) is 55.3 Å². The van der Waals surface area contributed by atoms with E-state index in [9.17, 15) is 9.90 Å². The molecule has 2 heterocycles. The van der Waals surface area contributed by atoms with E-state index in [1.54, 1.807) is 42.6 Å². The second-order valence-corrected chi connectivity index (χ2v) is 6.86. The summed E-state index contributed by atoms with van der Waals surface area (Å²) < 4.78 is 1.19. The molecule has 0 aliphatic carbocycles. The third-order valence-electron chi connectivity index (χ3n) is 4.59. The smallest absolute Gasteiger partial charge is 0.267 e. The Kier molecular flexibility index (Phi) is 4.83. The lowest BCUT2D eigenvalue weighted by atomic mass is 10.1. The van der Waals surface area contributed by atoms with Gasteiger partial charge in [-0.25, -0.2) is 9.55 Å². The maximum absolute atomic E-state index is 13.0. The predicted octanol–water partition coefficient (Wildman–Crippen LogP) is 4.15. The highest BCUT2D eigenvalue weighted by molar-refractivity contribution is 6.01. The largest absolute Gasteiger partial charge is 0.494 e. The first-order valence-electron chi connectivity index (χ1n) is 9.20. The number of fused-ring (bicyclic) bond motifs is 1. The van der Waals surface area contributed by atoms with Crippen molar-refractivity contribution < 1.29 is 5.11 Å². The summed E-state index contributed by atoms with van der Waals surface area (Å²) in [6.45, 7) is 4.04. The molecule has 0 bridgehead atoms. The van der Waals surface area contributed by atoms with Crippen LogP contribution in [0.25, 0.3) is 16.6 Å². The Bertz CT molecular complexity index is 1260. The van der Waals surface area contributed by atoms with Crippen LogP contribution in [0, 0.1) is 13.8 Å². The molecule has 2 aromatic heterocycles. The van der Waals surface area contributed by atoms with Gasteiger partial charge in [0, 0.05) is 17.0 Å². The maximum atomic E-state index is 13.0. The molecule has 0 fully saturated rings. The van der Waals surface area contributed by atoms with Gasteiger partial charge in [0.15, 0.2) is 0 Å². The molecule has 4 aromatic rings. The van der Waals surface area contributed by atoms with E-state index >= 15 is 0 Å². The number of rotatable bonds is 4. The first-order chi connectivity index (χ1) is 14.0. The van der Waals surface area contributed by atoms with Crippen LogP contribution < -0.4 is 11.0 Å². The molecule has 0 aliphatic heterocycles. The molecule has 4 rings (SSSR count). The van der Waals surface area contributed by atoms with Crippen molar-refractivity contribution in [2.24, 2.45) is 5.10 Å². The number of pyridine rings is 2. The second kappa shape index (κ2) is 7.59. The lowest BCUT2D eigenvalue weighted by molar-refractivity contribution is 0.435. The van der Waals surface area contributed by atoms with Gasteiger partial charge in [-0.2, -0.15) is 5.10 Å². The highest BCUT2D eigenvalue weighted by Gasteiger charge is 2.16. The number of hydrogen-bond acceptors (Lipinski definition) is 5. The molecule has 144 valence electrons. The van der Waals surface area contributed by atoms with Gasteiger partial charge < -0.3 is 5.11 Å². The summed E-state index contributed by atoms with van der Waals surface area (Å²) in [5.41, 5.74) is 6.19. The van der Waals surface area contributed by atoms with E-state index in [1.807, 2.05) is 32.0 Å². The standard InChI is InChI=1S/C23H20N4O2/c1-15-11-16(2)13-17(12-15)26-25-14-20-18-7-3-4-8-19(18)22(28)27(23(20)29)21-9-5-6-10-24-21/h3-14,26,29H,1-2H3/b25-14+. The zero-order valence-electron chi connectivity index (χ0n) is 16.1. The van der Waals surface area contributed by atoms with E-state index in [0.29, 0.717) is 22.2 Å². The molecular weight excluding hydrogens is 364 g/mol. The molecule has 0 spiro atoms. The van der Waals surface area contributed by atoms with E-state index < -0.39 is 0 Å². The second-order valence-electron chi connectivity index (χ2n) is 6.86. The summed E-state index contributed by atoms with van der Waals surface area (Å²) in [6.07, 6.45) is 3.10. The summed E-state index contributed by atoms with van der Waals surface area (Å²) in [5.74, 6) is 0.135. The van der Waals surface area contributed by atoms with Crippen molar-refractivity contribution in [1.82, 2.24) is 9.55 Å². The number of nitrogens with one attached hydrogen (secondary N) is 1. The minimum atomic E-state index is -0.337. The van der Waals surface area contributed by atoms with E-state index in [4.69, 9.17) is 0 Å². The fourth-order valence-electron chi connectivity index (χ4n) is 3.40. The SMILES string of the molecule is Cc1cc(C)cc(N/N=C/c2c(O)n(-c3ccccn3)c(=O)c3ccccc23)c1. The summed E-state index contributed by atoms with van der Waals surface area (Å²) in [5, 5.41) is 16.3. The highest BCUT2D eigenvalue weighted by atomic mass is 16.3. The minimum absolute atomic E-state index is 0.210. The number of aromatic nitrogens is 2. The fourth-order valence-corrected chi connectivity index (χ4v) is 3.40. The van der Waals surface area contributed by atoms with Crippen LogP contribution >= 0.6 is 0 Å². The number of anilines is 1. The van der Waals surface area contributed by atoms with Crippen molar-refractivity contribution in [3.8, 4) is 11.7 Å². The molecule has 0 saturated carbocycles. The highest BCUT2D eigenvalue weighted by Crippen LogP contribution is 2.25. The van der Waals surface area contributed by atoms with Crippen LogP contribution in [0.1, 0.15) is 16.7 Å². The van der Waals surface area contributed by atoms with Crippen molar-refractivity contribution in [3.63, 3.8) is 0 Å². The monoisotopic (exact) mass is 384 g/mol. The molecule has 0 amide bonds. The van der Waals surface area contributed by atoms with Crippen LogP contribution in [0.2, 0.25) is 0 Å². The Balaban J connectivity index is 1.84. The van der Waals surface area contributed by atoms with Crippen molar-refractivity contribution in [2.45, 2.75) is 13.8 Å². The van der Waals surface area contributed by atoms with Crippen LogP contribution in [0.4, 0.5) is 5.69 Å². The van der Waals surface area contributed by atoms with E-state index in [0.717, 1.165) is 16.8 Å². The molecule has 2 N–H and O–H groups in total. The number of aryl methyl sites for hydroxylation is 2. The Labute approximate surface area is 167 Å². The van der Waals surface area contributed by atoms with Gasteiger partial charge in [-0.3, -0.25) is 10.2 Å². The average Bonchev–Trinajstić information content (AvgIpc) is 2.71. The third kappa shape index (κ3) is 3.60. The first-order valence-corrected chi connectivity index (χ1v) is 9.20. The summed E-state index contributed by atoms with van der Waals surface area (Å²) in [6, 6.07) is 18.4. The quantitative estimate of drug-likeness (QED) is 0.409. The average molecular weight is 384 g/mol. The van der Waals surface area contributed by atoms with Crippen molar-refractivity contribution in [3.05, 3.63) is 93.9 Å². The van der Waals surface area contributed by atoms with Crippen LogP contribution in [-0.4, -0.2) is 20.9 Å². The molecule has 2 aromatic carbocycles. The molecule has 29 heavy (non-hydrogen) atoms. The Morgan fingerprint density at radius 1 is 1.00 bits per heavy atom. The van der Waals surface area contributed by atoms with Gasteiger partial charge in [0.1, 0.15) is 5.82 Å². The number of hydrogen-bond donors (Lipinski definition) is 2. The van der Waals surface area contributed by atoms with E-state index in [1.165, 1.54) is 10.8 Å². The minimum Gasteiger partial charge on any atom is -0.494 e. The van der Waals surface area contributed by atoms with Gasteiger partial charge in [0.2, 0.25) is 5.88 Å². The van der Waals surface area contributed by atoms with Gasteiger partial charge >= 0.3 is 0 Å². The van der Waals surface area contributed by atoms with Crippen LogP contribution in [0.3, 0.4) is 0 Å². The van der Waals surface area contributed by atoms with Gasteiger partial charge in [-0.15, -0.1) is 0 Å². The van der Waals surface area contributed by atoms with Gasteiger partial charge in [0.25, 0.3) is 5.56 Å². The molecule has 0 saturated heterocycles. The van der Waals surface area contributed by atoms with Crippen LogP contribution in [0.15, 0.2) is 76.8 Å². The molecule has 0 atom stereocenters. The third-order valence-corrected chi connectivity index (χ3v) is 4.59. The molecule has 0 aliphatic rings. The predicted molar refractivity (Wildman–Crippen MR) is 116 cm³/mol. The first kappa shape index (κ1) is 18.4. The maximum Gasteiger partial charge on any atom is 0.267 e. The van der Waals surface area contributed by atoms with Crippen molar-refractivity contribution in [2.75, 3.05) is 5.43 Å². The Morgan fingerprint density at radius 3 is 2.38 bits per heavy atom. The summed E-state index contributed by atoms with van der Waals surface area (Å²) in [4.78, 5) is 17.2. The molecule has 0 unspecified atom stereocenters. The topological polar surface area (TPSA) is 79.5 Å². The molecule has 0 radical (unpaired) electrons. The normalized spacial score (nSPS) is 11.2. The lowest BCUT2D eigenvalue weighted by Gasteiger charge is -2.12. The van der Waals surface area contributed by atoms with Crippen molar-refractivity contribution in [1.29, 1.82) is 0 Å². The lowest BCUT2D eigenvalue weighted by Crippen LogP contribution is -2.21. The zero-order valence-corrected chi connectivity index (χ0v) is 16.1. The zero-order chi connectivity index (χ0) is 20.4. The molecular formula is C23H20N4O2. The van der Waals surface area contributed by atoms with E-state index in [2.05, 4.69) is 21.6 Å². The number of aromatic hydroxyl groups is 1. The number of benzene rings is 2. The fraction of sp³-hybridized carbons (Fsp3) is 0.0870. The molecule has 6 heteroatoms. The Morgan fingerprint density at radius 2 is 1.69 bits per heavy atom. The molecule has 6 nitrogen and oxygen atoms in total. The number of hydrazone groups is 1. The summed E-state index contributed by atoms with van der Waals surface area (Å²) in [7, 11) is 0. The van der Waals surface area contributed by atoms with Gasteiger partial charge in [-0.1, -0.05) is 30.3 Å². The van der Waals surface area contributed by atoms with E-state index in [-0.39, 0.29) is 11.4 Å². The van der Waals surface area contributed by atoms with Crippen LogP contribution in [-0.2, 0) is 0 Å². The summed E-state index contributed by atoms with van der Waals surface area (Å²) >= 11 is 0. The van der Waals surface area contributed by atoms with Crippen LogP contribution in [0.5, 0.6) is 5.88 Å².